The molecule has 0 bridgehead atoms. The number of rotatable bonds is 4. The van der Waals surface area contributed by atoms with Crippen LogP contribution in [-0.2, 0) is 14.8 Å². The number of nitrogens with zero attached hydrogens (tertiary/aromatic N) is 1. The second-order valence-corrected chi connectivity index (χ2v) is 6.92. The SMILES string of the molecule is CNS(=O)(=O)c1ccc(NC(=O)NC2(C)CCOC2)nc1. The summed E-state index contributed by atoms with van der Waals surface area (Å²) in [5.41, 5.74) is -0.389. The maximum absolute atomic E-state index is 11.9. The smallest absolute Gasteiger partial charge is 0.320 e. The van der Waals surface area contributed by atoms with Crippen LogP contribution in [-0.4, -0.2) is 45.2 Å². The monoisotopic (exact) mass is 314 g/mol. The zero-order chi connectivity index (χ0) is 15.5. The highest BCUT2D eigenvalue weighted by Crippen LogP contribution is 2.17. The summed E-state index contributed by atoms with van der Waals surface area (Å²) in [4.78, 5) is 15.8. The molecule has 1 atom stereocenters. The van der Waals surface area contributed by atoms with Gasteiger partial charge in [-0.25, -0.2) is 22.9 Å². The molecule has 2 heterocycles. The van der Waals surface area contributed by atoms with E-state index < -0.39 is 16.1 Å². The molecule has 1 aliphatic heterocycles. The van der Waals surface area contributed by atoms with E-state index >= 15 is 0 Å². The van der Waals surface area contributed by atoms with Crippen LogP contribution in [0.15, 0.2) is 23.2 Å². The van der Waals surface area contributed by atoms with Crippen molar-refractivity contribution in [2.24, 2.45) is 0 Å². The molecule has 0 aliphatic carbocycles. The second kappa shape index (κ2) is 5.96. The van der Waals surface area contributed by atoms with Gasteiger partial charge in [0.05, 0.1) is 12.1 Å². The minimum absolute atomic E-state index is 0.0344. The fraction of sp³-hybridized carbons (Fsp3) is 0.500. The van der Waals surface area contributed by atoms with Crippen molar-refractivity contribution in [2.45, 2.75) is 23.8 Å². The quantitative estimate of drug-likeness (QED) is 0.740. The third-order valence-corrected chi connectivity index (χ3v) is 4.59. The highest BCUT2D eigenvalue weighted by atomic mass is 32.2. The molecule has 1 aromatic rings. The zero-order valence-electron chi connectivity index (χ0n) is 11.8. The van der Waals surface area contributed by atoms with E-state index in [0.29, 0.717) is 13.2 Å². The van der Waals surface area contributed by atoms with Gasteiger partial charge in [0.1, 0.15) is 10.7 Å². The van der Waals surface area contributed by atoms with Gasteiger partial charge in [-0.15, -0.1) is 0 Å². The van der Waals surface area contributed by atoms with Gasteiger partial charge in [0.2, 0.25) is 10.0 Å². The Hall–Kier alpha value is -1.71. The van der Waals surface area contributed by atoms with Crippen LogP contribution in [0.3, 0.4) is 0 Å². The highest BCUT2D eigenvalue weighted by molar-refractivity contribution is 7.89. The Morgan fingerprint density at radius 2 is 2.19 bits per heavy atom. The Kier molecular flexibility index (Phi) is 4.45. The number of carbonyl (C=O) groups excluding carboxylic acids is 1. The van der Waals surface area contributed by atoms with E-state index in [1.807, 2.05) is 6.92 Å². The van der Waals surface area contributed by atoms with Gasteiger partial charge >= 0.3 is 6.03 Å². The van der Waals surface area contributed by atoms with Gasteiger partial charge in [-0.05, 0) is 32.5 Å². The van der Waals surface area contributed by atoms with Crippen LogP contribution in [0.2, 0.25) is 0 Å². The van der Waals surface area contributed by atoms with Gasteiger partial charge in [0.25, 0.3) is 0 Å². The third-order valence-electron chi connectivity index (χ3n) is 3.19. The number of urea groups is 1. The van der Waals surface area contributed by atoms with E-state index in [-0.39, 0.29) is 16.3 Å². The van der Waals surface area contributed by atoms with Crippen molar-refractivity contribution in [1.82, 2.24) is 15.0 Å². The van der Waals surface area contributed by atoms with E-state index in [1.165, 1.54) is 25.4 Å². The molecule has 1 unspecified atom stereocenters. The Morgan fingerprint density at radius 3 is 2.71 bits per heavy atom. The lowest BCUT2D eigenvalue weighted by Crippen LogP contribution is -2.48. The van der Waals surface area contributed by atoms with Crippen LogP contribution in [0.25, 0.3) is 0 Å². The summed E-state index contributed by atoms with van der Waals surface area (Å²) in [6, 6.07) is 2.39. The summed E-state index contributed by atoms with van der Waals surface area (Å²) in [5, 5.41) is 5.37. The van der Waals surface area contributed by atoms with Crippen LogP contribution in [0.4, 0.5) is 10.6 Å². The van der Waals surface area contributed by atoms with Crippen molar-refractivity contribution in [2.75, 3.05) is 25.6 Å². The summed E-state index contributed by atoms with van der Waals surface area (Å²) in [6.45, 7) is 2.98. The number of nitrogens with one attached hydrogen (secondary N) is 3. The van der Waals surface area contributed by atoms with Crippen LogP contribution in [0.5, 0.6) is 0 Å². The van der Waals surface area contributed by atoms with E-state index in [1.54, 1.807) is 0 Å². The Balaban J connectivity index is 1.99. The number of carbonyl (C=O) groups is 1. The summed E-state index contributed by atoms with van der Waals surface area (Å²) in [6.07, 6.45) is 1.93. The largest absolute Gasteiger partial charge is 0.379 e. The van der Waals surface area contributed by atoms with Crippen LogP contribution >= 0.6 is 0 Å². The number of ether oxygens (including phenoxy) is 1. The number of aromatic nitrogens is 1. The molecule has 1 fully saturated rings. The molecule has 3 N–H and O–H groups in total. The van der Waals surface area contributed by atoms with Crippen LogP contribution in [0, 0.1) is 0 Å². The molecule has 9 heteroatoms. The van der Waals surface area contributed by atoms with Crippen molar-refractivity contribution >= 4 is 21.9 Å². The van der Waals surface area contributed by atoms with Gasteiger partial charge in [-0.2, -0.15) is 0 Å². The number of anilines is 1. The summed E-state index contributed by atoms with van der Waals surface area (Å²) in [5.74, 6) is 0.269. The Labute approximate surface area is 123 Å². The molecule has 21 heavy (non-hydrogen) atoms. The first-order chi connectivity index (χ1) is 9.85. The molecule has 2 rings (SSSR count). The summed E-state index contributed by atoms with van der Waals surface area (Å²) < 4.78 is 30.5. The predicted molar refractivity (Wildman–Crippen MR) is 76.5 cm³/mol. The first kappa shape index (κ1) is 15.7. The molecule has 1 aromatic heterocycles. The second-order valence-electron chi connectivity index (χ2n) is 5.03. The Morgan fingerprint density at radius 1 is 1.43 bits per heavy atom. The van der Waals surface area contributed by atoms with E-state index in [2.05, 4.69) is 20.3 Å². The Bertz CT molecular complexity index is 609. The fourth-order valence-corrected chi connectivity index (χ4v) is 2.59. The number of hydrogen-bond donors (Lipinski definition) is 3. The molecular weight excluding hydrogens is 296 g/mol. The molecular formula is C12H18N4O4S. The van der Waals surface area contributed by atoms with E-state index in [0.717, 1.165) is 6.42 Å². The van der Waals surface area contributed by atoms with Crippen LogP contribution in [0.1, 0.15) is 13.3 Å². The average molecular weight is 314 g/mol. The molecule has 0 aromatic carbocycles. The summed E-state index contributed by atoms with van der Waals surface area (Å²) >= 11 is 0. The highest BCUT2D eigenvalue weighted by Gasteiger charge is 2.31. The fourth-order valence-electron chi connectivity index (χ4n) is 1.92. The lowest BCUT2D eigenvalue weighted by molar-refractivity contribution is 0.172. The topological polar surface area (TPSA) is 109 Å². The minimum atomic E-state index is -3.53. The minimum Gasteiger partial charge on any atom is -0.379 e. The van der Waals surface area contributed by atoms with Crippen molar-refractivity contribution in [1.29, 1.82) is 0 Å². The first-order valence-electron chi connectivity index (χ1n) is 6.41. The average Bonchev–Trinajstić information content (AvgIpc) is 2.85. The van der Waals surface area contributed by atoms with Crippen molar-refractivity contribution in [3.05, 3.63) is 18.3 Å². The molecule has 2 amide bonds. The molecule has 8 nitrogen and oxygen atoms in total. The van der Waals surface area contributed by atoms with Gasteiger partial charge in [-0.3, -0.25) is 5.32 Å². The van der Waals surface area contributed by atoms with Gasteiger partial charge in [-0.1, -0.05) is 0 Å². The lowest BCUT2D eigenvalue weighted by atomic mass is 10.0. The number of hydrogen-bond acceptors (Lipinski definition) is 5. The molecule has 1 saturated heterocycles. The maximum atomic E-state index is 11.9. The van der Waals surface area contributed by atoms with Gasteiger partial charge < -0.3 is 10.1 Å². The molecule has 0 radical (unpaired) electrons. The van der Waals surface area contributed by atoms with Crippen molar-refractivity contribution in [3.63, 3.8) is 0 Å². The number of pyridine rings is 1. The zero-order valence-corrected chi connectivity index (χ0v) is 12.7. The predicted octanol–water partition coefficient (Wildman–Crippen LogP) is 0.290. The normalized spacial score (nSPS) is 22.0. The van der Waals surface area contributed by atoms with Crippen LogP contribution < -0.4 is 15.4 Å². The van der Waals surface area contributed by atoms with Crippen molar-refractivity contribution < 1.29 is 17.9 Å². The number of sulfonamides is 1. The number of amides is 2. The van der Waals surface area contributed by atoms with E-state index in [9.17, 15) is 13.2 Å². The van der Waals surface area contributed by atoms with Gasteiger partial charge in [0.15, 0.2) is 0 Å². The molecule has 0 spiro atoms. The maximum Gasteiger partial charge on any atom is 0.320 e. The lowest BCUT2D eigenvalue weighted by Gasteiger charge is -2.23. The van der Waals surface area contributed by atoms with E-state index in [4.69, 9.17) is 4.74 Å². The van der Waals surface area contributed by atoms with Gasteiger partial charge in [0, 0.05) is 12.8 Å². The summed E-state index contributed by atoms with van der Waals surface area (Å²) in [7, 11) is -2.21. The molecule has 0 saturated carbocycles. The first-order valence-corrected chi connectivity index (χ1v) is 7.89. The molecule has 116 valence electrons. The standard InChI is InChI=1S/C12H18N4O4S/c1-12(5-6-20-8-12)16-11(17)15-10-4-3-9(7-14-10)21(18,19)13-2/h3-4,7,13H,5-6,8H2,1-2H3,(H2,14,15,16,17). The third kappa shape index (κ3) is 3.90. The van der Waals surface area contributed by atoms with Crippen molar-refractivity contribution in [3.8, 4) is 0 Å². The molecule has 1 aliphatic rings.